The zero-order valence-electron chi connectivity index (χ0n) is 25.5. The van der Waals surface area contributed by atoms with Crippen LogP contribution in [-0.4, -0.2) is 11.8 Å². The van der Waals surface area contributed by atoms with Gasteiger partial charge in [0.1, 0.15) is 28.5 Å². The van der Waals surface area contributed by atoms with Crippen LogP contribution in [0.15, 0.2) is 182 Å². The van der Waals surface area contributed by atoms with Crippen molar-refractivity contribution in [2.75, 3.05) is 5.32 Å². The number of rotatable bonds is 9. The van der Waals surface area contributed by atoms with Crippen molar-refractivity contribution >= 4 is 46.0 Å². The average Bonchev–Trinajstić information content (AvgIpc) is 3.12. The molecule has 0 aliphatic heterocycles. The minimum Gasteiger partial charge on any atom is -0.321 e. The average molecular weight is 618 g/mol. The summed E-state index contributed by atoms with van der Waals surface area (Å²) in [5, 5.41) is 10.2. The molecule has 0 atom stereocenters. The third-order valence-electron chi connectivity index (χ3n) is 7.86. The number of nitrogens with one attached hydrogen (secondary N) is 2. The number of hydrogen-bond donors (Lipinski definition) is 2. The van der Waals surface area contributed by atoms with E-state index in [-0.39, 0.29) is 11.6 Å². The van der Waals surface area contributed by atoms with E-state index in [4.69, 9.17) is 0 Å². The van der Waals surface area contributed by atoms with E-state index >= 15 is 0 Å². The fourth-order valence-corrected chi connectivity index (χ4v) is 10.3. The molecule has 0 spiro atoms. The second-order valence-electron chi connectivity index (χ2n) is 10.9. The van der Waals surface area contributed by atoms with E-state index in [0.29, 0.717) is 11.3 Å². The Kier molecular flexibility index (Phi) is 9.29. The zero-order chi connectivity index (χ0) is 31.8. The maximum atomic E-state index is 14.8. The molecule has 6 rings (SSSR count). The number of anilines is 1. The molecule has 2 amide bonds. The van der Waals surface area contributed by atoms with E-state index in [0.717, 1.165) is 32.4 Å². The summed E-state index contributed by atoms with van der Waals surface area (Å²) in [5.74, 6) is -0.769. The fourth-order valence-electron chi connectivity index (χ4n) is 5.72. The van der Waals surface area contributed by atoms with Crippen molar-refractivity contribution < 1.29 is 9.59 Å². The lowest BCUT2D eigenvalue weighted by molar-refractivity contribution is -0.113. The van der Waals surface area contributed by atoms with Crippen LogP contribution in [0, 0.1) is 6.92 Å². The Hall–Kier alpha value is -5.57. The molecule has 0 fully saturated rings. The summed E-state index contributed by atoms with van der Waals surface area (Å²) in [6, 6.07) is 57.6. The van der Waals surface area contributed by atoms with Crippen molar-refractivity contribution in [2.45, 2.75) is 6.92 Å². The minimum absolute atomic E-state index is 0.200. The highest BCUT2D eigenvalue weighted by Crippen LogP contribution is 2.67. The van der Waals surface area contributed by atoms with Gasteiger partial charge in [0, 0.05) is 16.8 Å². The molecule has 224 valence electrons. The van der Waals surface area contributed by atoms with Gasteiger partial charge in [-0.1, -0.05) is 121 Å². The van der Waals surface area contributed by atoms with E-state index < -0.39 is 13.2 Å². The maximum Gasteiger partial charge on any atom is 0.276 e. The largest absolute Gasteiger partial charge is 0.321 e. The first-order valence-electron chi connectivity index (χ1n) is 15.2. The molecular weight excluding hydrogens is 583 g/mol. The second-order valence-corrected chi connectivity index (χ2v) is 14.2. The van der Waals surface area contributed by atoms with Crippen molar-refractivity contribution in [1.82, 2.24) is 5.32 Å². The van der Waals surface area contributed by atoms with Gasteiger partial charge in [0.05, 0.1) is 0 Å². The Morgan fingerprint density at radius 1 is 0.478 bits per heavy atom. The molecule has 4 nitrogen and oxygen atoms in total. The molecule has 6 aromatic carbocycles. The molecule has 0 heterocycles. The molecule has 6 aromatic rings. The van der Waals surface area contributed by atoms with Gasteiger partial charge in [-0.05, 0) is 67.6 Å². The predicted molar refractivity (Wildman–Crippen MR) is 192 cm³/mol. The van der Waals surface area contributed by atoms with Crippen LogP contribution in [-0.2, 0) is 4.79 Å². The van der Waals surface area contributed by atoms with Crippen LogP contribution < -0.4 is 26.5 Å². The normalized spacial score (nSPS) is 11.7. The molecule has 0 aromatic heterocycles. The first kappa shape index (κ1) is 30.5. The Bertz CT molecular complexity index is 1850. The van der Waals surface area contributed by atoms with E-state index in [1.165, 1.54) is 0 Å². The minimum atomic E-state index is -2.85. The Morgan fingerprint density at radius 2 is 0.870 bits per heavy atom. The third-order valence-corrected chi connectivity index (χ3v) is 12.2. The number of carbonyl (C=O) groups is 2. The van der Waals surface area contributed by atoms with Gasteiger partial charge in [0.2, 0.25) is 0 Å². The molecule has 0 aliphatic carbocycles. The van der Waals surface area contributed by atoms with Crippen LogP contribution in [0.1, 0.15) is 21.5 Å². The molecule has 46 heavy (non-hydrogen) atoms. The van der Waals surface area contributed by atoms with Gasteiger partial charge in [-0.3, -0.25) is 9.59 Å². The van der Waals surface area contributed by atoms with Crippen molar-refractivity contribution in [2.24, 2.45) is 0 Å². The van der Waals surface area contributed by atoms with Gasteiger partial charge >= 0.3 is 0 Å². The van der Waals surface area contributed by atoms with Crippen LogP contribution in [0.25, 0.3) is 5.31 Å². The summed E-state index contributed by atoms with van der Waals surface area (Å²) in [6.07, 6.45) is 0. The number of hydrogen-bond acceptors (Lipinski definition) is 2. The molecular formula is C41H34N2O2P+. The second kappa shape index (κ2) is 14.0. The van der Waals surface area contributed by atoms with E-state index in [9.17, 15) is 9.59 Å². The Labute approximate surface area is 270 Å². The monoisotopic (exact) mass is 617 g/mol. The first-order valence-corrected chi connectivity index (χ1v) is 17.0. The van der Waals surface area contributed by atoms with Crippen molar-refractivity contribution in [1.29, 1.82) is 0 Å². The van der Waals surface area contributed by atoms with E-state index in [2.05, 4.69) is 47.0 Å². The molecule has 0 radical (unpaired) electrons. The highest BCUT2D eigenvalue weighted by molar-refractivity contribution is 8.03. The lowest BCUT2D eigenvalue weighted by Gasteiger charge is -2.31. The zero-order valence-corrected chi connectivity index (χ0v) is 26.4. The van der Waals surface area contributed by atoms with Gasteiger partial charge in [-0.15, -0.1) is 0 Å². The van der Waals surface area contributed by atoms with Crippen molar-refractivity contribution in [3.05, 3.63) is 198 Å². The standard InChI is InChI=1S/C41H33N2O2P/c1-31-27-29-34(30-28-31)42-41(45)38(43-40(44)33-19-9-3-10-20-33)39(32-17-7-2-8-18-32)46(35-21-11-4-12-22-35,36-23-13-5-14-24-36)37-25-15-6-16-26-37/h2-30H,1H3,(H-,42,43,44,45)/p+1. The smallest absolute Gasteiger partial charge is 0.276 e. The maximum absolute atomic E-state index is 14.8. The third kappa shape index (κ3) is 6.30. The Balaban J connectivity index is 1.74. The summed E-state index contributed by atoms with van der Waals surface area (Å²) in [6.45, 7) is 2.00. The van der Waals surface area contributed by atoms with Crippen LogP contribution in [0.2, 0.25) is 0 Å². The number of carbonyl (C=O) groups excluding carboxylic acids is 2. The van der Waals surface area contributed by atoms with Crippen molar-refractivity contribution in [3.63, 3.8) is 0 Å². The molecule has 0 saturated heterocycles. The topological polar surface area (TPSA) is 58.2 Å². The lowest BCUT2D eigenvalue weighted by Crippen LogP contribution is -2.37. The van der Waals surface area contributed by atoms with Crippen LogP contribution in [0.4, 0.5) is 5.69 Å². The quantitative estimate of drug-likeness (QED) is 0.129. The lowest BCUT2D eigenvalue weighted by atomic mass is 10.1. The summed E-state index contributed by atoms with van der Waals surface area (Å²) >= 11 is 0. The number of benzene rings is 6. The SMILES string of the molecule is Cc1ccc(NC(=O)C(NC(=O)c2ccccc2)=C(c2ccccc2)[P+](c2ccccc2)(c2ccccc2)c2ccccc2)cc1. The first-order chi connectivity index (χ1) is 22.6. The van der Waals surface area contributed by atoms with Crippen LogP contribution in [0.3, 0.4) is 0 Å². The number of amides is 2. The van der Waals surface area contributed by atoms with Gasteiger partial charge in [-0.25, -0.2) is 0 Å². The molecule has 0 aliphatic rings. The van der Waals surface area contributed by atoms with E-state index in [1.807, 2.05) is 134 Å². The molecule has 2 N–H and O–H groups in total. The number of aryl methyl sites for hydroxylation is 1. The summed E-state index contributed by atoms with van der Waals surface area (Å²) < 4.78 is 0. The van der Waals surface area contributed by atoms with Crippen molar-refractivity contribution in [3.8, 4) is 0 Å². The van der Waals surface area contributed by atoms with Crippen LogP contribution >= 0.6 is 7.26 Å². The Morgan fingerprint density at radius 3 is 1.30 bits per heavy atom. The van der Waals surface area contributed by atoms with Crippen LogP contribution in [0.5, 0.6) is 0 Å². The molecule has 0 bridgehead atoms. The highest BCUT2D eigenvalue weighted by atomic mass is 31.2. The molecule has 0 unspecified atom stereocenters. The van der Waals surface area contributed by atoms with Gasteiger partial charge in [-0.2, -0.15) is 0 Å². The van der Waals surface area contributed by atoms with Gasteiger partial charge in [0.25, 0.3) is 11.8 Å². The summed E-state index contributed by atoms with van der Waals surface area (Å²) in [7, 11) is -2.85. The van der Waals surface area contributed by atoms with E-state index in [1.54, 1.807) is 12.1 Å². The highest BCUT2D eigenvalue weighted by Gasteiger charge is 2.52. The van der Waals surface area contributed by atoms with Gasteiger partial charge in [0.15, 0.2) is 5.70 Å². The molecule has 0 saturated carbocycles. The predicted octanol–water partition coefficient (Wildman–Crippen LogP) is 7.73. The fraction of sp³-hybridized carbons (Fsp3) is 0.0244. The summed E-state index contributed by atoms with van der Waals surface area (Å²) in [4.78, 5) is 28.8. The van der Waals surface area contributed by atoms with Gasteiger partial charge < -0.3 is 10.6 Å². The molecule has 5 heteroatoms. The summed E-state index contributed by atoms with van der Waals surface area (Å²) in [5.41, 5.74) is 3.22.